The van der Waals surface area contributed by atoms with E-state index in [2.05, 4.69) is 40.3 Å². The molecule has 0 unspecified atom stereocenters. The molecule has 1 N–H and O–H groups in total. The van der Waals surface area contributed by atoms with E-state index in [9.17, 15) is 0 Å². The summed E-state index contributed by atoms with van der Waals surface area (Å²) >= 11 is 0. The summed E-state index contributed by atoms with van der Waals surface area (Å²) < 4.78 is 0. The van der Waals surface area contributed by atoms with E-state index in [1.54, 1.807) is 0 Å². The van der Waals surface area contributed by atoms with Gasteiger partial charge in [-0.3, -0.25) is 0 Å². The summed E-state index contributed by atoms with van der Waals surface area (Å²) in [5.74, 6) is 3.25. The van der Waals surface area contributed by atoms with Crippen LogP contribution >= 0.6 is 0 Å². The van der Waals surface area contributed by atoms with Gasteiger partial charge in [0, 0.05) is 13.0 Å². The fraction of sp³-hybridized carbons (Fsp3) is 0.615. The Balaban J connectivity index is 2.46. The van der Waals surface area contributed by atoms with Gasteiger partial charge >= 0.3 is 0 Å². The third kappa shape index (κ3) is 4.39. The van der Waals surface area contributed by atoms with Crippen molar-refractivity contribution in [2.24, 2.45) is 0 Å². The van der Waals surface area contributed by atoms with E-state index >= 15 is 0 Å². The van der Waals surface area contributed by atoms with Crippen LogP contribution in [-0.2, 0) is 12.8 Å². The summed E-state index contributed by atoms with van der Waals surface area (Å²) in [6, 6.07) is 0. The Morgan fingerprint density at radius 1 is 1.12 bits per heavy atom. The second kappa shape index (κ2) is 7.61. The molecule has 4 heteroatoms. The van der Waals surface area contributed by atoms with Gasteiger partial charge in [0.2, 0.25) is 5.95 Å². The third-order valence-corrected chi connectivity index (χ3v) is 2.54. The van der Waals surface area contributed by atoms with Gasteiger partial charge in [0.15, 0.2) is 0 Å². The molecule has 0 atom stereocenters. The number of terminal acetylenes is 1. The highest BCUT2D eigenvalue weighted by Crippen LogP contribution is 2.06. The number of nitrogens with one attached hydrogen (secondary N) is 1. The van der Waals surface area contributed by atoms with E-state index in [-0.39, 0.29) is 0 Å². The van der Waals surface area contributed by atoms with E-state index in [1.165, 1.54) is 0 Å². The van der Waals surface area contributed by atoms with Crippen LogP contribution in [0.25, 0.3) is 0 Å². The van der Waals surface area contributed by atoms with Crippen LogP contribution in [0.3, 0.4) is 0 Å². The van der Waals surface area contributed by atoms with Crippen LogP contribution < -0.4 is 5.32 Å². The number of hydrogen-bond acceptors (Lipinski definition) is 4. The molecule has 0 aliphatic heterocycles. The van der Waals surface area contributed by atoms with Gasteiger partial charge in [0.1, 0.15) is 0 Å². The standard InChI is InChI=1S/C13H20N4/c1-4-7-8-9-10-14-13-15-11(5-2)12(6-3)16-17-13/h1H,5-10H2,2-3H3,(H,14,15,17). The fourth-order valence-corrected chi connectivity index (χ4v) is 1.57. The molecule has 0 radical (unpaired) electrons. The topological polar surface area (TPSA) is 50.7 Å². The number of anilines is 1. The van der Waals surface area contributed by atoms with Gasteiger partial charge in [-0.1, -0.05) is 13.8 Å². The zero-order valence-electron chi connectivity index (χ0n) is 10.7. The number of rotatable bonds is 7. The molecule has 0 aromatic carbocycles. The van der Waals surface area contributed by atoms with Crippen LogP contribution in [0.5, 0.6) is 0 Å². The lowest BCUT2D eigenvalue weighted by atomic mass is 10.2. The van der Waals surface area contributed by atoms with Gasteiger partial charge in [-0.25, -0.2) is 4.98 Å². The van der Waals surface area contributed by atoms with Crippen LogP contribution in [0.2, 0.25) is 0 Å². The van der Waals surface area contributed by atoms with Crippen molar-refractivity contribution in [3.8, 4) is 12.3 Å². The second-order valence-electron chi connectivity index (χ2n) is 3.82. The zero-order chi connectivity index (χ0) is 12.5. The van der Waals surface area contributed by atoms with Crippen LogP contribution in [0, 0.1) is 12.3 Å². The minimum absolute atomic E-state index is 0.625. The lowest BCUT2D eigenvalue weighted by molar-refractivity contribution is 0.769. The summed E-state index contributed by atoms with van der Waals surface area (Å²) in [7, 11) is 0. The average molecular weight is 232 g/mol. The molecule has 0 aliphatic carbocycles. The van der Waals surface area contributed by atoms with Crippen LogP contribution in [-0.4, -0.2) is 21.7 Å². The van der Waals surface area contributed by atoms with Gasteiger partial charge < -0.3 is 5.32 Å². The van der Waals surface area contributed by atoms with Crippen molar-refractivity contribution in [1.29, 1.82) is 0 Å². The van der Waals surface area contributed by atoms with Crippen molar-refractivity contribution >= 4 is 5.95 Å². The largest absolute Gasteiger partial charge is 0.353 e. The quantitative estimate of drug-likeness (QED) is 0.578. The molecule has 4 nitrogen and oxygen atoms in total. The number of aromatic nitrogens is 3. The van der Waals surface area contributed by atoms with E-state index < -0.39 is 0 Å². The monoisotopic (exact) mass is 232 g/mol. The molecule has 1 heterocycles. The number of nitrogens with zero attached hydrogens (tertiary/aromatic N) is 3. The Hall–Kier alpha value is -1.63. The van der Waals surface area contributed by atoms with Crippen molar-refractivity contribution in [3.63, 3.8) is 0 Å². The lowest BCUT2D eigenvalue weighted by Crippen LogP contribution is -2.10. The second-order valence-corrected chi connectivity index (χ2v) is 3.82. The normalized spacial score (nSPS) is 9.94. The molecule has 1 rings (SSSR count). The molecule has 92 valence electrons. The Morgan fingerprint density at radius 2 is 1.88 bits per heavy atom. The van der Waals surface area contributed by atoms with Crippen molar-refractivity contribution in [1.82, 2.24) is 15.2 Å². The van der Waals surface area contributed by atoms with E-state index in [0.29, 0.717) is 5.95 Å². The maximum Gasteiger partial charge on any atom is 0.242 e. The molecule has 0 bridgehead atoms. The van der Waals surface area contributed by atoms with E-state index in [1.807, 2.05) is 0 Å². The van der Waals surface area contributed by atoms with Crippen LogP contribution in [0.15, 0.2) is 0 Å². The summed E-state index contributed by atoms with van der Waals surface area (Å²) in [5.41, 5.74) is 2.03. The lowest BCUT2D eigenvalue weighted by Gasteiger charge is -2.07. The third-order valence-electron chi connectivity index (χ3n) is 2.54. The smallest absolute Gasteiger partial charge is 0.242 e. The molecule has 0 aliphatic rings. The Morgan fingerprint density at radius 3 is 2.53 bits per heavy atom. The van der Waals surface area contributed by atoms with Crippen molar-refractivity contribution < 1.29 is 0 Å². The first-order chi connectivity index (χ1) is 8.31. The first-order valence-corrected chi connectivity index (χ1v) is 6.21. The van der Waals surface area contributed by atoms with Crippen LogP contribution in [0.4, 0.5) is 5.95 Å². The molecule has 1 aromatic heterocycles. The van der Waals surface area contributed by atoms with Gasteiger partial charge in [-0.15, -0.1) is 17.4 Å². The highest BCUT2D eigenvalue weighted by Gasteiger charge is 2.05. The number of unbranched alkanes of at least 4 members (excludes halogenated alkanes) is 2. The summed E-state index contributed by atoms with van der Waals surface area (Å²) in [4.78, 5) is 4.45. The zero-order valence-corrected chi connectivity index (χ0v) is 10.7. The predicted octanol–water partition coefficient (Wildman–Crippen LogP) is 2.21. The number of hydrogen-bond donors (Lipinski definition) is 1. The Kier molecular flexibility index (Phi) is 6.02. The minimum Gasteiger partial charge on any atom is -0.353 e. The van der Waals surface area contributed by atoms with Crippen molar-refractivity contribution in [2.75, 3.05) is 11.9 Å². The molecular weight excluding hydrogens is 212 g/mol. The molecule has 0 amide bonds. The molecule has 1 aromatic rings. The van der Waals surface area contributed by atoms with Gasteiger partial charge in [0.25, 0.3) is 0 Å². The maximum absolute atomic E-state index is 5.19. The highest BCUT2D eigenvalue weighted by atomic mass is 15.2. The minimum atomic E-state index is 0.625. The van der Waals surface area contributed by atoms with Crippen LogP contribution in [0.1, 0.15) is 44.5 Å². The molecule has 0 saturated heterocycles. The van der Waals surface area contributed by atoms with Gasteiger partial charge in [-0.2, -0.15) is 5.10 Å². The Bertz CT molecular complexity index is 381. The van der Waals surface area contributed by atoms with E-state index in [4.69, 9.17) is 6.42 Å². The first kappa shape index (κ1) is 13.4. The number of aryl methyl sites for hydroxylation is 2. The summed E-state index contributed by atoms with van der Waals surface area (Å²) in [6.45, 7) is 5.00. The van der Waals surface area contributed by atoms with E-state index in [0.717, 1.165) is 50.0 Å². The molecule has 17 heavy (non-hydrogen) atoms. The fourth-order valence-electron chi connectivity index (χ4n) is 1.57. The average Bonchev–Trinajstić information content (AvgIpc) is 2.38. The maximum atomic E-state index is 5.19. The molecule has 0 fully saturated rings. The Labute approximate surface area is 103 Å². The highest BCUT2D eigenvalue weighted by molar-refractivity contribution is 5.25. The van der Waals surface area contributed by atoms with Crippen molar-refractivity contribution in [3.05, 3.63) is 11.4 Å². The van der Waals surface area contributed by atoms with Crippen molar-refractivity contribution in [2.45, 2.75) is 46.0 Å². The van der Waals surface area contributed by atoms with Gasteiger partial charge in [-0.05, 0) is 25.7 Å². The summed E-state index contributed by atoms with van der Waals surface area (Å²) in [6.07, 6.45) is 9.85. The molecule has 0 spiro atoms. The molecular formula is C13H20N4. The summed E-state index contributed by atoms with van der Waals surface area (Å²) in [5, 5.41) is 11.4. The SMILES string of the molecule is C#CCCCCNc1nnc(CC)c(CC)n1. The predicted molar refractivity (Wildman–Crippen MR) is 69.8 cm³/mol. The van der Waals surface area contributed by atoms with Gasteiger partial charge in [0.05, 0.1) is 11.4 Å². The first-order valence-electron chi connectivity index (χ1n) is 6.21. The molecule has 0 saturated carbocycles.